The van der Waals surface area contributed by atoms with E-state index in [0.717, 1.165) is 40.2 Å². The van der Waals surface area contributed by atoms with Crippen molar-refractivity contribution in [2.24, 2.45) is 0 Å². The lowest BCUT2D eigenvalue weighted by Gasteiger charge is -2.34. The van der Waals surface area contributed by atoms with E-state index in [1.165, 1.54) is 0 Å². The van der Waals surface area contributed by atoms with Gasteiger partial charge < -0.3 is 14.5 Å². The van der Waals surface area contributed by atoms with Crippen molar-refractivity contribution in [1.29, 1.82) is 0 Å². The van der Waals surface area contributed by atoms with Crippen molar-refractivity contribution < 1.29 is 9.53 Å². The number of amides is 1. The number of rotatable bonds is 6. The molecule has 0 saturated carbocycles. The molecule has 6 nitrogen and oxygen atoms in total. The molecule has 4 rings (SSSR count). The Hall–Kier alpha value is -2.71. The van der Waals surface area contributed by atoms with Gasteiger partial charge in [0, 0.05) is 49.2 Å². The van der Waals surface area contributed by atoms with Gasteiger partial charge in [0.15, 0.2) is 5.13 Å². The Morgan fingerprint density at radius 3 is 2.83 bits per heavy atom. The van der Waals surface area contributed by atoms with Crippen LogP contribution in [0.3, 0.4) is 0 Å². The minimum absolute atomic E-state index is 0.0352. The first-order valence-electron chi connectivity index (χ1n) is 9.43. The fourth-order valence-electron chi connectivity index (χ4n) is 3.10. The molecular weight excluding hydrogens is 404 g/mol. The molecule has 1 fully saturated rings. The molecule has 2 aromatic heterocycles. The monoisotopic (exact) mass is 426 g/mol. The normalized spacial score (nSPS) is 14.5. The molecule has 1 aliphatic rings. The summed E-state index contributed by atoms with van der Waals surface area (Å²) < 4.78 is 5.82. The second-order valence-electron chi connectivity index (χ2n) is 6.68. The fraction of sp³-hybridized carbons (Fsp3) is 0.286. The van der Waals surface area contributed by atoms with Gasteiger partial charge in [-0.25, -0.2) is 9.97 Å². The number of aromatic nitrogens is 2. The lowest BCUT2D eigenvalue weighted by molar-refractivity contribution is -0.126. The third-order valence-corrected chi connectivity index (χ3v) is 6.27. The minimum Gasteiger partial charge on any atom is -0.487 e. The van der Waals surface area contributed by atoms with Crippen LogP contribution in [0.25, 0.3) is 6.08 Å². The summed E-state index contributed by atoms with van der Waals surface area (Å²) in [5.41, 5.74) is 1.87. The molecule has 1 amide bonds. The topological polar surface area (TPSA) is 58.6 Å². The highest BCUT2D eigenvalue weighted by Crippen LogP contribution is 2.20. The zero-order chi connectivity index (χ0) is 20.1. The molecule has 0 N–H and O–H groups in total. The molecule has 1 aromatic carbocycles. The first-order chi connectivity index (χ1) is 14.2. The summed E-state index contributed by atoms with van der Waals surface area (Å²) in [6.45, 7) is 5.46. The summed E-state index contributed by atoms with van der Waals surface area (Å²) in [6, 6.07) is 7.74. The van der Waals surface area contributed by atoms with E-state index in [0.29, 0.717) is 19.7 Å². The van der Waals surface area contributed by atoms with Gasteiger partial charge >= 0.3 is 0 Å². The van der Waals surface area contributed by atoms with E-state index in [1.807, 2.05) is 59.1 Å². The Morgan fingerprint density at radius 2 is 2.10 bits per heavy atom. The molecule has 1 saturated heterocycles. The molecule has 0 radical (unpaired) electrons. The maximum Gasteiger partial charge on any atom is 0.246 e. The SMILES string of the molecule is Cc1nc(COc2cccc(/C=C/C(=O)N3CCN(c4nccs4)CC3)c2)cs1. The second kappa shape index (κ2) is 9.19. The smallest absolute Gasteiger partial charge is 0.246 e. The van der Waals surface area contributed by atoms with Crippen LogP contribution in [0.4, 0.5) is 5.13 Å². The summed E-state index contributed by atoms with van der Waals surface area (Å²) in [5, 5.41) is 6.04. The van der Waals surface area contributed by atoms with Crippen LogP contribution in [-0.4, -0.2) is 47.0 Å². The molecule has 150 valence electrons. The fourth-order valence-corrected chi connectivity index (χ4v) is 4.40. The molecule has 1 aliphatic heterocycles. The zero-order valence-electron chi connectivity index (χ0n) is 16.2. The Labute approximate surface area is 178 Å². The van der Waals surface area contributed by atoms with E-state index in [4.69, 9.17) is 4.74 Å². The predicted octanol–water partition coefficient (Wildman–Crippen LogP) is 3.85. The maximum atomic E-state index is 12.5. The van der Waals surface area contributed by atoms with Gasteiger partial charge in [-0.15, -0.1) is 22.7 Å². The number of ether oxygens (including phenoxy) is 1. The summed E-state index contributed by atoms with van der Waals surface area (Å²) in [5.74, 6) is 0.801. The van der Waals surface area contributed by atoms with Gasteiger partial charge in [0.1, 0.15) is 12.4 Å². The average Bonchev–Trinajstić information content (AvgIpc) is 3.43. The predicted molar refractivity (Wildman–Crippen MR) is 118 cm³/mol. The molecule has 29 heavy (non-hydrogen) atoms. The number of carbonyl (C=O) groups is 1. The van der Waals surface area contributed by atoms with Crippen molar-refractivity contribution in [1.82, 2.24) is 14.9 Å². The van der Waals surface area contributed by atoms with Crippen LogP contribution in [-0.2, 0) is 11.4 Å². The lowest BCUT2D eigenvalue weighted by atomic mass is 10.2. The van der Waals surface area contributed by atoms with Crippen LogP contribution in [0.2, 0.25) is 0 Å². The van der Waals surface area contributed by atoms with E-state index in [1.54, 1.807) is 28.7 Å². The quantitative estimate of drug-likeness (QED) is 0.561. The number of piperazine rings is 1. The van der Waals surface area contributed by atoms with E-state index < -0.39 is 0 Å². The minimum atomic E-state index is 0.0352. The van der Waals surface area contributed by atoms with Gasteiger partial charge in [0.05, 0.1) is 10.7 Å². The van der Waals surface area contributed by atoms with Crippen molar-refractivity contribution in [2.75, 3.05) is 31.1 Å². The van der Waals surface area contributed by atoms with Crippen molar-refractivity contribution in [3.8, 4) is 5.75 Å². The second-order valence-corrected chi connectivity index (χ2v) is 8.61. The number of nitrogens with zero attached hydrogens (tertiary/aromatic N) is 4. The Morgan fingerprint density at radius 1 is 1.24 bits per heavy atom. The standard InChI is InChI=1S/C21H22N4O2S2/c1-16-23-18(15-29-16)14-27-19-4-2-3-17(13-19)5-6-20(26)24-8-10-25(11-9-24)21-22-7-12-28-21/h2-7,12-13,15H,8-11,14H2,1H3/b6-5+. The molecule has 0 bridgehead atoms. The Balaban J connectivity index is 1.30. The summed E-state index contributed by atoms with van der Waals surface area (Å²) in [4.78, 5) is 25.4. The number of hydrogen-bond donors (Lipinski definition) is 0. The average molecular weight is 427 g/mol. The Bertz CT molecular complexity index is 976. The van der Waals surface area contributed by atoms with Gasteiger partial charge in [0.2, 0.25) is 5.91 Å². The molecule has 0 spiro atoms. The van der Waals surface area contributed by atoms with Gasteiger partial charge in [-0.05, 0) is 30.7 Å². The first kappa shape index (κ1) is 19.6. The number of anilines is 1. The van der Waals surface area contributed by atoms with E-state index in [-0.39, 0.29) is 5.91 Å². The zero-order valence-corrected chi connectivity index (χ0v) is 17.8. The molecule has 3 heterocycles. The van der Waals surface area contributed by atoms with E-state index >= 15 is 0 Å². The van der Waals surface area contributed by atoms with Crippen molar-refractivity contribution in [2.45, 2.75) is 13.5 Å². The largest absolute Gasteiger partial charge is 0.487 e. The van der Waals surface area contributed by atoms with Gasteiger partial charge in [0.25, 0.3) is 0 Å². The molecule has 0 atom stereocenters. The first-order valence-corrected chi connectivity index (χ1v) is 11.2. The molecule has 0 aliphatic carbocycles. The number of aryl methyl sites for hydroxylation is 1. The van der Waals surface area contributed by atoms with Crippen LogP contribution >= 0.6 is 22.7 Å². The molecule has 8 heteroatoms. The highest BCUT2D eigenvalue weighted by Gasteiger charge is 2.20. The van der Waals surface area contributed by atoms with Crippen LogP contribution in [0.5, 0.6) is 5.75 Å². The third-order valence-electron chi connectivity index (χ3n) is 4.61. The Kier molecular flexibility index (Phi) is 6.21. The number of hydrogen-bond acceptors (Lipinski definition) is 7. The van der Waals surface area contributed by atoms with Crippen LogP contribution in [0.15, 0.2) is 47.3 Å². The van der Waals surface area contributed by atoms with E-state index in [2.05, 4.69) is 14.9 Å². The van der Waals surface area contributed by atoms with Gasteiger partial charge in [-0.3, -0.25) is 4.79 Å². The van der Waals surface area contributed by atoms with Crippen molar-refractivity contribution in [3.05, 3.63) is 63.6 Å². The molecule has 0 unspecified atom stereocenters. The summed E-state index contributed by atoms with van der Waals surface area (Å²) in [7, 11) is 0. The number of thiazole rings is 2. The van der Waals surface area contributed by atoms with Crippen LogP contribution in [0, 0.1) is 6.92 Å². The van der Waals surface area contributed by atoms with Crippen LogP contribution in [0.1, 0.15) is 16.3 Å². The molecular formula is C21H22N4O2S2. The lowest BCUT2D eigenvalue weighted by Crippen LogP contribution is -2.48. The van der Waals surface area contributed by atoms with Crippen LogP contribution < -0.4 is 9.64 Å². The van der Waals surface area contributed by atoms with Crippen molar-refractivity contribution >= 4 is 39.8 Å². The summed E-state index contributed by atoms with van der Waals surface area (Å²) >= 11 is 3.25. The maximum absolute atomic E-state index is 12.5. The van der Waals surface area contributed by atoms with Crippen molar-refractivity contribution in [3.63, 3.8) is 0 Å². The molecule has 3 aromatic rings. The highest BCUT2D eigenvalue weighted by molar-refractivity contribution is 7.13. The van der Waals surface area contributed by atoms with E-state index in [9.17, 15) is 4.79 Å². The van der Waals surface area contributed by atoms with Gasteiger partial charge in [-0.1, -0.05) is 12.1 Å². The van der Waals surface area contributed by atoms with Gasteiger partial charge in [-0.2, -0.15) is 0 Å². The highest BCUT2D eigenvalue weighted by atomic mass is 32.1. The summed E-state index contributed by atoms with van der Waals surface area (Å²) in [6.07, 6.45) is 5.30. The number of benzene rings is 1. The number of carbonyl (C=O) groups excluding carboxylic acids is 1. The third kappa shape index (κ3) is 5.21.